The van der Waals surface area contributed by atoms with E-state index in [0.717, 1.165) is 25.6 Å². The molecular formula is C16H21F3N4O. The molecule has 0 aromatic heterocycles. The van der Waals surface area contributed by atoms with E-state index in [4.69, 9.17) is 5.73 Å². The van der Waals surface area contributed by atoms with E-state index in [1.807, 2.05) is 0 Å². The third-order valence-electron chi connectivity index (χ3n) is 4.26. The fourth-order valence-corrected chi connectivity index (χ4v) is 2.94. The molecule has 3 N–H and O–H groups in total. The number of alkyl halides is 3. The Hall–Kier alpha value is -1.96. The monoisotopic (exact) mass is 342 g/mol. The number of benzene rings is 1. The molecule has 1 aromatic rings. The molecule has 1 aliphatic carbocycles. The van der Waals surface area contributed by atoms with Gasteiger partial charge >= 0.3 is 6.36 Å². The molecule has 0 amide bonds. The predicted octanol–water partition coefficient (Wildman–Crippen LogP) is 2.80. The van der Waals surface area contributed by atoms with Gasteiger partial charge in [-0.3, -0.25) is 4.99 Å². The summed E-state index contributed by atoms with van der Waals surface area (Å²) >= 11 is 0. The highest BCUT2D eigenvalue weighted by atomic mass is 19.4. The van der Waals surface area contributed by atoms with Crippen LogP contribution in [0, 0.1) is 5.92 Å². The second kappa shape index (κ2) is 6.88. The van der Waals surface area contributed by atoms with Crippen molar-refractivity contribution in [2.24, 2.45) is 16.6 Å². The van der Waals surface area contributed by atoms with E-state index in [1.165, 1.54) is 37.1 Å². The van der Waals surface area contributed by atoms with E-state index in [0.29, 0.717) is 18.2 Å². The van der Waals surface area contributed by atoms with Gasteiger partial charge in [0.2, 0.25) is 0 Å². The number of nitrogens with one attached hydrogen (secondary N) is 1. The van der Waals surface area contributed by atoms with Crippen LogP contribution in [0.15, 0.2) is 29.3 Å². The number of nitrogens with zero attached hydrogens (tertiary/aromatic N) is 2. The Bertz CT molecular complexity index is 584. The lowest BCUT2D eigenvalue weighted by Gasteiger charge is -2.14. The number of ether oxygens (including phenoxy) is 1. The summed E-state index contributed by atoms with van der Waals surface area (Å²) in [6, 6.07) is 6.18. The smallest absolute Gasteiger partial charge is 0.406 e. The quantitative estimate of drug-likeness (QED) is 0.638. The van der Waals surface area contributed by atoms with Crippen molar-refractivity contribution in [3.63, 3.8) is 0 Å². The summed E-state index contributed by atoms with van der Waals surface area (Å²) in [6.07, 6.45) is -0.927. The molecule has 2 aliphatic rings. The van der Waals surface area contributed by atoms with E-state index < -0.39 is 6.36 Å². The summed E-state index contributed by atoms with van der Waals surface area (Å²) in [5.41, 5.74) is 6.41. The van der Waals surface area contributed by atoms with E-state index in [-0.39, 0.29) is 11.7 Å². The average Bonchev–Trinajstić information content (AvgIpc) is 3.25. The van der Waals surface area contributed by atoms with Crippen LogP contribution in [-0.4, -0.2) is 42.9 Å². The molecule has 2 fully saturated rings. The summed E-state index contributed by atoms with van der Waals surface area (Å²) in [5.74, 6) is 0.521. The summed E-state index contributed by atoms with van der Waals surface area (Å²) in [7, 11) is 0. The fourth-order valence-electron chi connectivity index (χ4n) is 2.94. The van der Waals surface area contributed by atoms with Gasteiger partial charge in [0.25, 0.3) is 0 Å². The number of rotatable bonds is 5. The van der Waals surface area contributed by atoms with Gasteiger partial charge in [0.05, 0.1) is 0 Å². The molecule has 1 aliphatic heterocycles. The molecule has 0 spiro atoms. The van der Waals surface area contributed by atoms with Crippen molar-refractivity contribution in [3.05, 3.63) is 24.3 Å². The molecule has 1 saturated carbocycles. The molecular weight excluding hydrogens is 321 g/mol. The number of nitrogens with two attached hydrogens (primary N) is 1. The van der Waals surface area contributed by atoms with Crippen LogP contribution in [-0.2, 0) is 0 Å². The molecule has 132 valence electrons. The molecule has 3 rings (SSSR count). The van der Waals surface area contributed by atoms with Gasteiger partial charge in [0, 0.05) is 24.8 Å². The summed E-state index contributed by atoms with van der Waals surface area (Å²) < 4.78 is 40.1. The molecule has 0 radical (unpaired) electrons. The van der Waals surface area contributed by atoms with Gasteiger partial charge in [-0.15, -0.1) is 13.2 Å². The Labute approximate surface area is 138 Å². The normalized spacial score (nSPS) is 22.6. The van der Waals surface area contributed by atoms with Gasteiger partial charge in [-0.2, -0.15) is 0 Å². The zero-order valence-corrected chi connectivity index (χ0v) is 13.2. The molecule has 1 unspecified atom stereocenters. The first kappa shape index (κ1) is 16.9. The number of likely N-dealkylation sites (tertiary alicyclic amines) is 1. The highest BCUT2D eigenvalue weighted by Gasteiger charge is 2.34. The maximum atomic E-state index is 12.1. The van der Waals surface area contributed by atoms with Crippen molar-refractivity contribution in [2.75, 3.05) is 25.0 Å². The van der Waals surface area contributed by atoms with E-state index in [1.54, 1.807) is 0 Å². The van der Waals surface area contributed by atoms with Crippen molar-refractivity contribution in [3.8, 4) is 5.75 Å². The summed E-state index contributed by atoms with van der Waals surface area (Å²) in [4.78, 5) is 6.86. The molecule has 1 heterocycles. The topological polar surface area (TPSA) is 62.9 Å². The lowest BCUT2D eigenvalue weighted by molar-refractivity contribution is -0.274. The molecule has 24 heavy (non-hydrogen) atoms. The van der Waals surface area contributed by atoms with Crippen molar-refractivity contribution in [1.82, 2.24) is 4.90 Å². The third-order valence-corrected chi connectivity index (χ3v) is 4.26. The predicted molar refractivity (Wildman–Crippen MR) is 85.9 cm³/mol. The first-order valence-electron chi connectivity index (χ1n) is 8.06. The van der Waals surface area contributed by atoms with Crippen molar-refractivity contribution < 1.29 is 17.9 Å². The largest absolute Gasteiger partial charge is 0.573 e. The number of halogens is 3. The SMILES string of the molecule is NC(=NCC1CCN(C2CC2)C1)Nc1ccc(OC(F)(F)F)cc1. The van der Waals surface area contributed by atoms with Crippen molar-refractivity contribution in [1.29, 1.82) is 0 Å². The van der Waals surface area contributed by atoms with Crippen molar-refractivity contribution in [2.45, 2.75) is 31.7 Å². The standard InChI is InChI=1S/C16H21F3N4O/c17-16(18,19)24-14-5-1-12(2-6-14)22-15(20)21-9-11-7-8-23(10-11)13-3-4-13/h1-2,5-6,11,13H,3-4,7-10H2,(H3,20,21,22). The molecule has 0 bridgehead atoms. The number of hydrogen-bond acceptors (Lipinski definition) is 3. The van der Waals surface area contributed by atoms with Crippen LogP contribution >= 0.6 is 0 Å². The van der Waals surface area contributed by atoms with Crippen LogP contribution in [0.2, 0.25) is 0 Å². The van der Waals surface area contributed by atoms with Crippen LogP contribution in [0.5, 0.6) is 5.75 Å². The zero-order chi connectivity index (χ0) is 17.2. The molecule has 8 heteroatoms. The highest BCUT2D eigenvalue weighted by molar-refractivity contribution is 5.92. The second-order valence-electron chi connectivity index (χ2n) is 6.30. The van der Waals surface area contributed by atoms with Crippen LogP contribution in [0.25, 0.3) is 0 Å². The molecule has 5 nitrogen and oxygen atoms in total. The Kier molecular flexibility index (Phi) is 4.84. The molecule has 1 atom stereocenters. The number of aliphatic imine (C=N–C) groups is 1. The van der Waals surface area contributed by atoms with Gasteiger partial charge < -0.3 is 20.7 Å². The zero-order valence-electron chi connectivity index (χ0n) is 13.2. The lowest BCUT2D eigenvalue weighted by Crippen LogP contribution is -2.25. The maximum Gasteiger partial charge on any atom is 0.573 e. The minimum atomic E-state index is -4.69. The minimum Gasteiger partial charge on any atom is -0.406 e. The molecule has 1 saturated heterocycles. The maximum absolute atomic E-state index is 12.1. The lowest BCUT2D eigenvalue weighted by atomic mass is 10.1. The second-order valence-corrected chi connectivity index (χ2v) is 6.30. The van der Waals surface area contributed by atoms with Crippen molar-refractivity contribution >= 4 is 11.6 Å². The third kappa shape index (κ3) is 5.02. The first-order valence-corrected chi connectivity index (χ1v) is 8.06. The Morgan fingerprint density at radius 1 is 1.25 bits per heavy atom. The Morgan fingerprint density at radius 3 is 2.58 bits per heavy atom. The van der Waals surface area contributed by atoms with Gasteiger partial charge in [0.15, 0.2) is 5.96 Å². The van der Waals surface area contributed by atoms with Crippen LogP contribution in [0.1, 0.15) is 19.3 Å². The number of guanidine groups is 1. The molecule has 1 aromatic carbocycles. The number of anilines is 1. The van der Waals surface area contributed by atoms with Crippen LogP contribution < -0.4 is 15.8 Å². The van der Waals surface area contributed by atoms with Gasteiger partial charge in [-0.1, -0.05) is 0 Å². The first-order chi connectivity index (χ1) is 11.4. The van der Waals surface area contributed by atoms with Gasteiger partial charge in [0.1, 0.15) is 5.75 Å². The number of hydrogen-bond donors (Lipinski definition) is 2. The Balaban J connectivity index is 1.46. The Morgan fingerprint density at radius 2 is 1.96 bits per heavy atom. The summed E-state index contributed by atoms with van der Waals surface area (Å²) in [6.45, 7) is 2.88. The van der Waals surface area contributed by atoms with Crippen LogP contribution in [0.4, 0.5) is 18.9 Å². The van der Waals surface area contributed by atoms with E-state index in [9.17, 15) is 13.2 Å². The minimum absolute atomic E-state index is 0.268. The van der Waals surface area contributed by atoms with Gasteiger partial charge in [-0.05, 0) is 56.0 Å². The average molecular weight is 342 g/mol. The summed E-state index contributed by atoms with van der Waals surface area (Å²) in [5, 5.41) is 2.88. The van der Waals surface area contributed by atoms with E-state index >= 15 is 0 Å². The fraction of sp³-hybridized carbons (Fsp3) is 0.562. The highest BCUT2D eigenvalue weighted by Crippen LogP contribution is 2.31. The van der Waals surface area contributed by atoms with Gasteiger partial charge in [-0.25, -0.2) is 0 Å². The van der Waals surface area contributed by atoms with Crippen LogP contribution in [0.3, 0.4) is 0 Å². The van der Waals surface area contributed by atoms with E-state index in [2.05, 4.69) is 19.9 Å².